The van der Waals surface area contributed by atoms with Crippen LogP contribution in [0.25, 0.3) is 0 Å². The van der Waals surface area contributed by atoms with E-state index < -0.39 is 51.6 Å². The lowest BCUT2D eigenvalue weighted by molar-refractivity contribution is -0.142. The molecule has 3 rings (SSSR count). The lowest BCUT2D eigenvalue weighted by atomic mass is 9.81. The summed E-state index contributed by atoms with van der Waals surface area (Å²) in [5.41, 5.74) is 3.04. The number of fused-ring (bicyclic) bond motifs is 1. The van der Waals surface area contributed by atoms with E-state index in [4.69, 9.17) is 15.2 Å². The van der Waals surface area contributed by atoms with Crippen LogP contribution in [0.15, 0.2) is 30.3 Å². The average Bonchev–Trinajstić information content (AvgIpc) is 2.67. The van der Waals surface area contributed by atoms with Gasteiger partial charge in [-0.05, 0) is 42.3 Å². The second-order valence-electron chi connectivity index (χ2n) is 7.59. The Labute approximate surface area is 181 Å². The lowest BCUT2D eigenvalue weighted by Crippen LogP contribution is -2.58. The Morgan fingerprint density at radius 3 is 2.44 bits per heavy atom. The molecule has 12 heteroatoms. The van der Waals surface area contributed by atoms with E-state index in [1.807, 2.05) is 0 Å². The molecule has 3 N–H and O–H groups in total. The molecule has 2 atom stereocenters. The molecular weight excluding hydrogens is 456 g/mol. The number of primary amides is 1. The smallest absolute Gasteiger partial charge is 0.416 e. The molecular formula is C20H20F4N2O5S. The van der Waals surface area contributed by atoms with Crippen molar-refractivity contribution < 1.29 is 40.2 Å². The number of anilines is 1. The molecule has 0 fully saturated rings. The fraction of sp³-hybridized carbons (Fsp3) is 0.350. The number of nitrogens with two attached hydrogens (primary N) is 1. The summed E-state index contributed by atoms with van der Waals surface area (Å²) in [5, 5.41) is 0. The Balaban J connectivity index is 2.01. The number of halogens is 4. The van der Waals surface area contributed by atoms with Gasteiger partial charge in [-0.15, -0.1) is 0 Å². The molecule has 0 spiro atoms. The fourth-order valence-electron chi connectivity index (χ4n) is 3.44. The van der Waals surface area contributed by atoms with Crippen molar-refractivity contribution in [2.75, 3.05) is 17.6 Å². The van der Waals surface area contributed by atoms with Crippen molar-refractivity contribution in [3.63, 3.8) is 0 Å². The standard InChI is InChI=1S/C20H20F4N2O5S/c1-10-6-13(14(21)8-15(10)26-32(3,28)29)11(2)19(18(25)27)9-30-17-7-12(20(22,23)24)4-5-16(17)31-19/h4-8,11,26H,9H2,1-3H3,(H2,25,27)/t11-,19?/m1/s1. The van der Waals surface area contributed by atoms with Crippen LogP contribution in [0.1, 0.15) is 29.5 Å². The number of alkyl halides is 3. The first-order valence-electron chi connectivity index (χ1n) is 9.25. The zero-order chi connectivity index (χ0) is 24.1. The number of carbonyl (C=O) groups excluding carboxylic acids is 1. The molecule has 32 heavy (non-hydrogen) atoms. The maximum Gasteiger partial charge on any atom is 0.416 e. The summed E-state index contributed by atoms with van der Waals surface area (Å²) in [6, 6.07) is 4.80. The van der Waals surface area contributed by atoms with E-state index in [9.17, 15) is 30.8 Å². The maximum absolute atomic E-state index is 14.9. The maximum atomic E-state index is 14.9. The van der Waals surface area contributed by atoms with Gasteiger partial charge in [0.05, 0.1) is 17.5 Å². The normalized spacial score (nSPS) is 19.3. The van der Waals surface area contributed by atoms with Gasteiger partial charge < -0.3 is 15.2 Å². The first-order chi connectivity index (χ1) is 14.6. The Hall–Kier alpha value is -3.02. The van der Waals surface area contributed by atoms with E-state index in [-0.39, 0.29) is 22.7 Å². The molecule has 0 bridgehead atoms. The molecule has 174 valence electrons. The van der Waals surface area contributed by atoms with Crippen LogP contribution in [-0.2, 0) is 21.0 Å². The Morgan fingerprint density at radius 1 is 1.22 bits per heavy atom. The van der Waals surface area contributed by atoms with Gasteiger partial charge in [0.2, 0.25) is 15.6 Å². The summed E-state index contributed by atoms with van der Waals surface area (Å²) in [6.07, 6.45) is -3.69. The van der Waals surface area contributed by atoms with E-state index in [1.54, 1.807) is 0 Å². The highest BCUT2D eigenvalue weighted by atomic mass is 32.2. The van der Waals surface area contributed by atoms with Crippen LogP contribution in [0, 0.1) is 12.7 Å². The van der Waals surface area contributed by atoms with Gasteiger partial charge in [0, 0.05) is 5.92 Å². The van der Waals surface area contributed by atoms with Crippen LogP contribution in [0.5, 0.6) is 11.5 Å². The molecule has 0 aromatic heterocycles. The summed E-state index contributed by atoms with van der Waals surface area (Å²) in [7, 11) is -3.66. The summed E-state index contributed by atoms with van der Waals surface area (Å²) < 4.78 is 90.0. The third kappa shape index (κ3) is 4.45. The van der Waals surface area contributed by atoms with E-state index in [1.165, 1.54) is 19.9 Å². The molecule has 1 aliphatic rings. The topological polar surface area (TPSA) is 108 Å². The fourth-order valence-corrected chi connectivity index (χ4v) is 4.06. The van der Waals surface area contributed by atoms with E-state index >= 15 is 0 Å². The number of aryl methyl sites for hydroxylation is 1. The highest BCUT2D eigenvalue weighted by molar-refractivity contribution is 7.92. The summed E-state index contributed by atoms with van der Waals surface area (Å²) in [5.74, 6) is -3.26. The van der Waals surface area contributed by atoms with Crippen LogP contribution in [0.4, 0.5) is 23.2 Å². The van der Waals surface area contributed by atoms with Crippen LogP contribution in [-0.4, -0.2) is 32.8 Å². The molecule has 1 aliphatic heterocycles. The molecule has 2 aromatic carbocycles. The van der Waals surface area contributed by atoms with Crippen molar-refractivity contribution in [3.8, 4) is 11.5 Å². The van der Waals surface area contributed by atoms with Gasteiger partial charge in [0.1, 0.15) is 12.4 Å². The van der Waals surface area contributed by atoms with E-state index in [0.29, 0.717) is 5.56 Å². The predicted molar refractivity (Wildman–Crippen MR) is 108 cm³/mol. The highest BCUT2D eigenvalue weighted by Gasteiger charge is 2.50. The van der Waals surface area contributed by atoms with Crippen molar-refractivity contribution in [2.24, 2.45) is 5.73 Å². The van der Waals surface area contributed by atoms with Crippen LogP contribution in [0.2, 0.25) is 0 Å². The van der Waals surface area contributed by atoms with E-state index in [2.05, 4.69) is 4.72 Å². The minimum atomic E-state index is -4.60. The Kier molecular flexibility index (Phi) is 5.79. The third-order valence-electron chi connectivity index (χ3n) is 5.23. The van der Waals surface area contributed by atoms with Gasteiger partial charge in [-0.1, -0.05) is 13.0 Å². The van der Waals surface area contributed by atoms with E-state index in [0.717, 1.165) is 30.5 Å². The van der Waals surface area contributed by atoms with Gasteiger partial charge in [0.15, 0.2) is 11.5 Å². The summed E-state index contributed by atoms with van der Waals surface area (Å²) >= 11 is 0. The summed E-state index contributed by atoms with van der Waals surface area (Å²) in [6.45, 7) is 2.43. The monoisotopic (exact) mass is 476 g/mol. The quantitative estimate of drug-likeness (QED) is 0.644. The number of hydrogen-bond acceptors (Lipinski definition) is 5. The van der Waals surface area contributed by atoms with Crippen molar-refractivity contribution in [1.82, 2.24) is 0 Å². The molecule has 1 unspecified atom stereocenters. The van der Waals surface area contributed by atoms with Crippen LogP contribution >= 0.6 is 0 Å². The van der Waals surface area contributed by atoms with Crippen molar-refractivity contribution in [1.29, 1.82) is 0 Å². The number of ether oxygens (including phenoxy) is 2. The molecule has 0 saturated heterocycles. The number of nitrogens with one attached hydrogen (secondary N) is 1. The van der Waals surface area contributed by atoms with Crippen molar-refractivity contribution >= 4 is 21.6 Å². The zero-order valence-corrected chi connectivity index (χ0v) is 18.0. The molecule has 1 amide bonds. The van der Waals surface area contributed by atoms with Gasteiger partial charge in [-0.2, -0.15) is 13.2 Å². The predicted octanol–water partition coefficient (Wildman–Crippen LogP) is 3.32. The number of hydrogen-bond donors (Lipinski definition) is 2. The summed E-state index contributed by atoms with van der Waals surface area (Å²) in [4.78, 5) is 12.4. The molecule has 0 aliphatic carbocycles. The molecule has 1 heterocycles. The lowest BCUT2D eigenvalue weighted by Gasteiger charge is -2.40. The Bertz CT molecular complexity index is 1180. The van der Waals surface area contributed by atoms with Gasteiger partial charge in [-0.25, -0.2) is 12.8 Å². The number of sulfonamides is 1. The molecule has 2 aromatic rings. The number of carbonyl (C=O) groups is 1. The van der Waals surface area contributed by atoms with Gasteiger partial charge in [0.25, 0.3) is 5.91 Å². The zero-order valence-electron chi connectivity index (χ0n) is 17.2. The first kappa shape index (κ1) is 23.6. The van der Waals surface area contributed by atoms with Crippen LogP contribution < -0.4 is 19.9 Å². The SMILES string of the molecule is Cc1cc([C@@H](C)C2(C(N)=O)COc3cc(C(F)(F)F)ccc3O2)c(F)cc1NS(C)(=O)=O. The Morgan fingerprint density at radius 2 is 1.88 bits per heavy atom. The first-order valence-corrected chi connectivity index (χ1v) is 11.1. The molecule has 0 saturated carbocycles. The third-order valence-corrected chi connectivity index (χ3v) is 5.82. The largest absolute Gasteiger partial charge is 0.485 e. The van der Waals surface area contributed by atoms with Crippen LogP contribution in [0.3, 0.4) is 0 Å². The number of amides is 1. The second-order valence-corrected chi connectivity index (χ2v) is 9.34. The number of rotatable bonds is 5. The minimum Gasteiger partial charge on any atom is -0.485 e. The number of benzene rings is 2. The van der Waals surface area contributed by atoms with Crippen molar-refractivity contribution in [2.45, 2.75) is 31.5 Å². The average molecular weight is 476 g/mol. The van der Waals surface area contributed by atoms with Gasteiger partial charge >= 0.3 is 6.18 Å². The van der Waals surface area contributed by atoms with Gasteiger partial charge in [-0.3, -0.25) is 9.52 Å². The second kappa shape index (κ2) is 7.84. The van der Waals surface area contributed by atoms with Crippen molar-refractivity contribution in [3.05, 3.63) is 52.8 Å². The molecule has 7 nitrogen and oxygen atoms in total. The minimum absolute atomic E-state index is 0.0138. The molecule has 0 radical (unpaired) electrons. The highest BCUT2D eigenvalue weighted by Crippen LogP contribution is 2.44.